The molecule has 0 spiro atoms. The Labute approximate surface area is 116 Å². The van der Waals surface area contributed by atoms with Gasteiger partial charge in [-0.2, -0.15) is 0 Å². The van der Waals surface area contributed by atoms with Gasteiger partial charge in [-0.3, -0.25) is 9.59 Å². The maximum Gasteiger partial charge on any atom is 0.264 e. The van der Waals surface area contributed by atoms with Crippen LogP contribution in [0.3, 0.4) is 0 Å². The van der Waals surface area contributed by atoms with Crippen molar-refractivity contribution in [2.45, 2.75) is 24.7 Å². The number of hydrogen-bond donors (Lipinski definition) is 2. The number of nitrogens with two attached hydrogens (primary N) is 1. The summed E-state index contributed by atoms with van der Waals surface area (Å²) in [4.78, 5) is 21.7. The molecule has 0 aromatic heterocycles. The molecule has 0 saturated carbocycles. The van der Waals surface area contributed by atoms with E-state index in [-0.39, 0.29) is 22.8 Å². The van der Waals surface area contributed by atoms with Crippen LogP contribution in [0, 0.1) is 0 Å². The highest BCUT2D eigenvalue weighted by atomic mass is 35.5. The number of primary amides is 1. The fraction of sp³-hybridized carbons (Fsp3) is 0.273. The van der Waals surface area contributed by atoms with E-state index in [0.29, 0.717) is 5.56 Å². The lowest BCUT2D eigenvalue weighted by atomic mass is 10.1. The second kappa shape index (κ2) is 6.03. The number of amides is 2. The molecule has 0 aliphatic carbocycles. The van der Waals surface area contributed by atoms with Crippen LogP contribution >= 0.6 is 11.6 Å². The van der Waals surface area contributed by atoms with Gasteiger partial charge in [0.05, 0.1) is 11.3 Å². The van der Waals surface area contributed by atoms with E-state index < -0.39 is 21.8 Å². The quantitative estimate of drug-likeness (QED) is 0.830. The highest BCUT2D eigenvalue weighted by molar-refractivity contribution is 7.90. The maximum absolute atomic E-state index is 11.8. The van der Waals surface area contributed by atoms with Gasteiger partial charge in [0, 0.05) is 11.4 Å². The molecular formula is C11H13ClN2O4S. The predicted molar refractivity (Wildman–Crippen MR) is 70.0 cm³/mol. The van der Waals surface area contributed by atoms with Crippen molar-refractivity contribution >= 4 is 33.4 Å². The normalized spacial score (nSPS) is 11.1. The molecule has 3 N–H and O–H groups in total. The fourth-order valence-electron chi connectivity index (χ4n) is 1.31. The molecule has 2 amide bonds. The average molecular weight is 305 g/mol. The monoisotopic (exact) mass is 304 g/mol. The summed E-state index contributed by atoms with van der Waals surface area (Å²) in [7, 11) is -3.94. The van der Waals surface area contributed by atoms with E-state index in [0.717, 1.165) is 0 Å². The van der Waals surface area contributed by atoms with Crippen molar-refractivity contribution < 1.29 is 18.0 Å². The lowest BCUT2D eigenvalue weighted by Gasteiger charge is -2.08. The van der Waals surface area contributed by atoms with Gasteiger partial charge in [0.25, 0.3) is 10.0 Å². The van der Waals surface area contributed by atoms with Crippen LogP contribution in [0.15, 0.2) is 23.1 Å². The molecule has 0 heterocycles. The highest BCUT2D eigenvalue weighted by Gasteiger charge is 2.18. The molecule has 1 rings (SSSR count). The lowest BCUT2D eigenvalue weighted by molar-refractivity contribution is -0.119. The van der Waals surface area contributed by atoms with Gasteiger partial charge >= 0.3 is 0 Å². The van der Waals surface area contributed by atoms with Gasteiger partial charge in [-0.25, -0.2) is 13.1 Å². The zero-order valence-electron chi connectivity index (χ0n) is 10.1. The molecule has 19 heavy (non-hydrogen) atoms. The molecule has 1 aromatic carbocycles. The first-order valence-corrected chi connectivity index (χ1v) is 7.24. The smallest absolute Gasteiger partial charge is 0.264 e. The number of nitrogens with one attached hydrogen (secondary N) is 1. The molecular weight excluding hydrogens is 292 g/mol. The summed E-state index contributed by atoms with van der Waals surface area (Å²) in [6.07, 6.45) is -0.0345. The van der Waals surface area contributed by atoms with Gasteiger partial charge in [-0.15, -0.1) is 0 Å². The Bertz CT molecular complexity index is 613. The summed E-state index contributed by atoms with van der Waals surface area (Å²) in [6, 6.07) is 3.82. The van der Waals surface area contributed by atoms with Gasteiger partial charge in [0.15, 0.2) is 0 Å². The third-order valence-electron chi connectivity index (χ3n) is 2.27. The van der Waals surface area contributed by atoms with Crippen LogP contribution in [0.2, 0.25) is 5.02 Å². The molecule has 8 heteroatoms. The van der Waals surface area contributed by atoms with Crippen molar-refractivity contribution in [2.24, 2.45) is 5.73 Å². The number of benzene rings is 1. The second-order valence-corrected chi connectivity index (χ2v) is 5.87. The van der Waals surface area contributed by atoms with Gasteiger partial charge < -0.3 is 5.73 Å². The number of sulfonamides is 1. The summed E-state index contributed by atoms with van der Waals surface area (Å²) in [5.41, 5.74) is 5.45. The Morgan fingerprint density at radius 3 is 2.47 bits per heavy atom. The van der Waals surface area contributed by atoms with Crippen molar-refractivity contribution in [1.29, 1.82) is 0 Å². The highest BCUT2D eigenvalue weighted by Crippen LogP contribution is 2.21. The van der Waals surface area contributed by atoms with Crippen molar-refractivity contribution in [2.75, 3.05) is 0 Å². The Kier molecular flexibility index (Phi) is 4.90. The van der Waals surface area contributed by atoms with Crippen LogP contribution in [0.5, 0.6) is 0 Å². The minimum atomic E-state index is -3.94. The van der Waals surface area contributed by atoms with Crippen molar-refractivity contribution in [1.82, 2.24) is 4.72 Å². The number of rotatable bonds is 5. The standard InChI is InChI=1S/C11H13ClN2O4S/c1-2-11(16)14-19(17,18)8-4-3-7(5-10(13)15)9(12)6-8/h3-4,6H,2,5H2,1H3,(H2,13,15)(H,14,16). The molecule has 0 unspecified atom stereocenters. The van der Waals surface area contributed by atoms with E-state index in [4.69, 9.17) is 17.3 Å². The Morgan fingerprint density at radius 2 is 2.00 bits per heavy atom. The van der Waals surface area contributed by atoms with Gasteiger partial charge in [0.1, 0.15) is 0 Å². The minimum Gasteiger partial charge on any atom is -0.369 e. The van der Waals surface area contributed by atoms with Crippen molar-refractivity contribution in [3.05, 3.63) is 28.8 Å². The summed E-state index contributed by atoms with van der Waals surface area (Å²) >= 11 is 5.87. The molecule has 1 aromatic rings. The third-order valence-corrected chi connectivity index (χ3v) is 3.99. The molecule has 104 valence electrons. The van der Waals surface area contributed by atoms with Crippen LogP contribution in [-0.4, -0.2) is 20.2 Å². The summed E-state index contributed by atoms with van der Waals surface area (Å²) < 4.78 is 25.5. The fourth-order valence-corrected chi connectivity index (χ4v) is 2.70. The molecule has 0 saturated heterocycles. The van der Waals surface area contributed by atoms with Crippen LogP contribution in [-0.2, 0) is 26.0 Å². The Balaban J connectivity index is 3.06. The molecule has 0 aliphatic rings. The first kappa shape index (κ1) is 15.5. The summed E-state index contributed by atoms with van der Waals surface area (Å²) in [5, 5.41) is 0.102. The summed E-state index contributed by atoms with van der Waals surface area (Å²) in [6.45, 7) is 1.54. The van der Waals surface area contributed by atoms with Crippen LogP contribution in [0.1, 0.15) is 18.9 Å². The van der Waals surface area contributed by atoms with E-state index in [2.05, 4.69) is 0 Å². The molecule has 6 nitrogen and oxygen atoms in total. The first-order valence-electron chi connectivity index (χ1n) is 5.38. The van der Waals surface area contributed by atoms with Crippen molar-refractivity contribution in [3.8, 4) is 0 Å². The Morgan fingerprint density at radius 1 is 1.37 bits per heavy atom. The molecule has 0 radical (unpaired) electrons. The number of hydrogen-bond acceptors (Lipinski definition) is 4. The Hall–Kier alpha value is -1.60. The van der Waals surface area contributed by atoms with E-state index in [1.807, 2.05) is 4.72 Å². The number of halogens is 1. The van der Waals surface area contributed by atoms with Gasteiger partial charge in [0.2, 0.25) is 11.8 Å². The third kappa shape index (κ3) is 4.22. The van der Waals surface area contributed by atoms with Crippen molar-refractivity contribution in [3.63, 3.8) is 0 Å². The summed E-state index contributed by atoms with van der Waals surface area (Å²) in [5.74, 6) is -1.19. The SMILES string of the molecule is CCC(=O)NS(=O)(=O)c1ccc(CC(N)=O)c(Cl)c1. The average Bonchev–Trinajstić information content (AvgIpc) is 2.30. The zero-order chi connectivity index (χ0) is 14.6. The largest absolute Gasteiger partial charge is 0.369 e. The maximum atomic E-state index is 11.8. The number of carbonyl (C=O) groups excluding carboxylic acids is 2. The van der Waals surface area contributed by atoms with E-state index in [1.54, 1.807) is 0 Å². The zero-order valence-corrected chi connectivity index (χ0v) is 11.7. The lowest BCUT2D eigenvalue weighted by Crippen LogP contribution is -2.29. The van der Waals surface area contributed by atoms with Crippen LogP contribution in [0.25, 0.3) is 0 Å². The van der Waals surface area contributed by atoms with E-state index >= 15 is 0 Å². The molecule has 0 fully saturated rings. The van der Waals surface area contributed by atoms with E-state index in [1.165, 1.54) is 25.1 Å². The topological polar surface area (TPSA) is 106 Å². The molecule has 0 aliphatic heterocycles. The first-order chi connectivity index (χ1) is 8.76. The van der Waals surface area contributed by atoms with Crippen LogP contribution in [0.4, 0.5) is 0 Å². The van der Waals surface area contributed by atoms with Crippen LogP contribution < -0.4 is 10.5 Å². The predicted octanol–water partition coefficient (Wildman–Crippen LogP) is 0.583. The molecule has 0 bridgehead atoms. The van der Waals surface area contributed by atoms with E-state index in [9.17, 15) is 18.0 Å². The van der Waals surface area contributed by atoms with Gasteiger partial charge in [-0.05, 0) is 17.7 Å². The minimum absolute atomic E-state index is 0.0483. The second-order valence-electron chi connectivity index (χ2n) is 3.78. The number of carbonyl (C=O) groups is 2. The van der Waals surface area contributed by atoms with Gasteiger partial charge in [-0.1, -0.05) is 24.6 Å². The molecule has 0 atom stereocenters.